The Hall–Kier alpha value is -1.88. The van der Waals surface area contributed by atoms with Crippen LogP contribution >= 0.6 is 0 Å². The molecule has 0 heterocycles. The second-order valence-corrected chi connectivity index (χ2v) is 5.19. The lowest BCUT2D eigenvalue weighted by molar-refractivity contribution is 0.0460. The summed E-state index contributed by atoms with van der Waals surface area (Å²) in [6, 6.07) is 6.85. The molecule has 1 rings (SSSR count). The molecule has 0 saturated heterocycles. The van der Waals surface area contributed by atoms with Gasteiger partial charge in [-0.25, -0.2) is 4.79 Å². The average molecular weight is 320 g/mol. The Morgan fingerprint density at radius 2 is 1.48 bits per heavy atom. The van der Waals surface area contributed by atoms with Gasteiger partial charge >= 0.3 is 5.97 Å². The predicted octanol–water partition coefficient (Wildman–Crippen LogP) is 2.67. The SMILES string of the molecule is CCN(CC)CCOC(=O)c1ccccc1C(=O)N(CC)CC. The van der Waals surface area contributed by atoms with E-state index in [9.17, 15) is 9.59 Å². The molecule has 0 atom stereocenters. The molecule has 1 amide bonds. The van der Waals surface area contributed by atoms with Crippen LogP contribution in [0.25, 0.3) is 0 Å². The van der Waals surface area contributed by atoms with Crippen molar-refractivity contribution in [3.63, 3.8) is 0 Å². The van der Waals surface area contributed by atoms with E-state index in [2.05, 4.69) is 18.7 Å². The first kappa shape index (κ1) is 19.2. The zero-order valence-corrected chi connectivity index (χ0v) is 14.7. The number of esters is 1. The van der Waals surface area contributed by atoms with Gasteiger partial charge in [-0.1, -0.05) is 26.0 Å². The van der Waals surface area contributed by atoms with E-state index in [1.165, 1.54) is 0 Å². The maximum atomic E-state index is 12.5. The number of carbonyl (C=O) groups excluding carboxylic acids is 2. The minimum atomic E-state index is -0.437. The van der Waals surface area contributed by atoms with Gasteiger partial charge in [-0.3, -0.25) is 4.79 Å². The molecule has 0 aliphatic rings. The second-order valence-electron chi connectivity index (χ2n) is 5.19. The van der Waals surface area contributed by atoms with E-state index in [0.29, 0.717) is 37.4 Å². The third-order valence-corrected chi connectivity index (χ3v) is 3.96. The summed E-state index contributed by atoms with van der Waals surface area (Å²) in [6.07, 6.45) is 0. The number of carbonyl (C=O) groups is 2. The highest BCUT2D eigenvalue weighted by Crippen LogP contribution is 2.13. The maximum absolute atomic E-state index is 12.5. The quantitative estimate of drug-likeness (QED) is 0.656. The molecule has 5 heteroatoms. The van der Waals surface area contributed by atoms with Gasteiger partial charge in [0, 0.05) is 19.6 Å². The summed E-state index contributed by atoms with van der Waals surface area (Å²) in [4.78, 5) is 28.7. The van der Waals surface area contributed by atoms with E-state index in [0.717, 1.165) is 13.1 Å². The summed E-state index contributed by atoms with van der Waals surface area (Å²) in [7, 11) is 0. The van der Waals surface area contributed by atoms with Gasteiger partial charge in [0.2, 0.25) is 0 Å². The summed E-state index contributed by atoms with van der Waals surface area (Å²) in [5, 5.41) is 0. The summed E-state index contributed by atoms with van der Waals surface area (Å²) in [5.41, 5.74) is 0.744. The van der Waals surface area contributed by atoms with Crippen molar-refractivity contribution in [1.82, 2.24) is 9.80 Å². The molecular formula is C18H28N2O3. The van der Waals surface area contributed by atoms with E-state index >= 15 is 0 Å². The van der Waals surface area contributed by atoms with Crippen molar-refractivity contribution in [3.05, 3.63) is 35.4 Å². The van der Waals surface area contributed by atoms with Crippen LogP contribution < -0.4 is 0 Å². The molecule has 0 aliphatic carbocycles. The van der Waals surface area contributed by atoms with Crippen molar-refractivity contribution in [1.29, 1.82) is 0 Å². The Labute approximate surface area is 139 Å². The van der Waals surface area contributed by atoms with Crippen LogP contribution in [0.15, 0.2) is 24.3 Å². The maximum Gasteiger partial charge on any atom is 0.338 e. The van der Waals surface area contributed by atoms with Crippen LogP contribution in [0.5, 0.6) is 0 Å². The van der Waals surface area contributed by atoms with Crippen LogP contribution in [-0.2, 0) is 4.74 Å². The van der Waals surface area contributed by atoms with Gasteiger partial charge in [0.15, 0.2) is 0 Å². The van der Waals surface area contributed by atoms with Crippen LogP contribution in [-0.4, -0.2) is 61.0 Å². The van der Waals surface area contributed by atoms with E-state index in [1.54, 1.807) is 29.2 Å². The zero-order valence-electron chi connectivity index (χ0n) is 14.7. The summed E-state index contributed by atoms with van der Waals surface area (Å²) < 4.78 is 5.35. The molecule has 1 aromatic carbocycles. The normalized spacial score (nSPS) is 10.7. The summed E-state index contributed by atoms with van der Waals surface area (Å²) >= 11 is 0. The fraction of sp³-hybridized carbons (Fsp3) is 0.556. The van der Waals surface area contributed by atoms with E-state index in [1.807, 2.05) is 13.8 Å². The third-order valence-electron chi connectivity index (χ3n) is 3.96. The highest BCUT2D eigenvalue weighted by Gasteiger charge is 2.20. The minimum absolute atomic E-state index is 0.133. The lowest BCUT2D eigenvalue weighted by Crippen LogP contribution is -2.32. The van der Waals surface area contributed by atoms with Crippen molar-refractivity contribution in [2.24, 2.45) is 0 Å². The molecule has 128 valence electrons. The lowest BCUT2D eigenvalue weighted by atomic mass is 10.1. The number of amides is 1. The number of benzene rings is 1. The molecule has 0 fully saturated rings. The average Bonchev–Trinajstić information content (AvgIpc) is 2.59. The number of hydrogen-bond acceptors (Lipinski definition) is 4. The van der Waals surface area contributed by atoms with Gasteiger partial charge in [-0.2, -0.15) is 0 Å². The van der Waals surface area contributed by atoms with E-state index < -0.39 is 5.97 Å². The number of ether oxygens (including phenoxy) is 1. The fourth-order valence-electron chi connectivity index (χ4n) is 2.41. The van der Waals surface area contributed by atoms with Crippen LogP contribution in [0.4, 0.5) is 0 Å². The summed E-state index contributed by atoms with van der Waals surface area (Å²) in [5.74, 6) is -0.570. The highest BCUT2D eigenvalue weighted by molar-refractivity contribution is 6.05. The van der Waals surface area contributed by atoms with Gasteiger partial charge < -0.3 is 14.5 Å². The molecule has 0 unspecified atom stereocenters. The zero-order chi connectivity index (χ0) is 17.2. The van der Waals surface area contributed by atoms with Crippen molar-refractivity contribution in [2.45, 2.75) is 27.7 Å². The van der Waals surface area contributed by atoms with Crippen molar-refractivity contribution < 1.29 is 14.3 Å². The Morgan fingerprint density at radius 1 is 0.913 bits per heavy atom. The Kier molecular flexibility index (Phi) is 8.33. The van der Waals surface area contributed by atoms with Gasteiger partial charge in [0.05, 0.1) is 11.1 Å². The molecule has 1 aromatic rings. The van der Waals surface area contributed by atoms with Gasteiger partial charge in [-0.15, -0.1) is 0 Å². The lowest BCUT2D eigenvalue weighted by Gasteiger charge is -2.20. The first-order valence-electron chi connectivity index (χ1n) is 8.36. The largest absolute Gasteiger partial charge is 0.461 e. The molecule has 0 N–H and O–H groups in total. The monoisotopic (exact) mass is 320 g/mol. The molecule has 0 spiro atoms. The van der Waals surface area contributed by atoms with Crippen molar-refractivity contribution in [3.8, 4) is 0 Å². The minimum Gasteiger partial charge on any atom is -0.461 e. The van der Waals surface area contributed by atoms with Gasteiger partial charge in [0.25, 0.3) is 5.91 Å². The molecule has 0 radical (unpaired) electrons. The van der Waals surface area contributed by atoms with Crippen molar-refractivity contribution >= 4 is 11.9 Å². The second kappa shape index (κ2) is 10.0. The molecule has 23 heavy (non-hydrogen) atoms. The molecule has 0 aromatic heterocycles. The van der Waals surface area contributed by atoms with Gasteiger partial charge in [0.1, 0.15) is 6.61 Å². The third kappa shape index (κ3) is 5.36. The fourth-order valence-corrected chi connectivity index (χ4v) is 2.41. The molecule has 0 saturated carbocycles. The Bertz CT molecular complexity index is 509. The topological polar surface area (TPSA) is 49.9 Å². The molecular weight excluding hydrogens is 292 g/mol. The molecule has 0 aliphatic heterocycles. The number of likely N-dealkylation sites (N-methyl/N-ethyl adjacent to an activating group) is 1. The highest BCUT2D eigenvalue weighted by atomic mass is 16.5. The van der Waals surface area contributed by atoms with E-state index in [4.69, 9.17) is 4.74 Å². The predicted molar refractivity (Wildman–Crippen MR) is 91.8 cm³/mol. The standard InChI is InChI=1S/C18H28N2O3/c1-5-19(6-2)13-14-23-18(22)16-12-10-9-11-15(16)17(21)20(7-3)8-4/h9-12H,5-8,13-14H2,1-4H3. The van der Waals surface area contributed by atoms with Crippen LogP contribution in [0.2, 0.25) is 0 Å². The number of hydrogen-bond donors (Lipinski definition) is 0. The van der Waals surface area contributed by atoms with E-state index in [-0.39, 0.29) is 5.91 Å². The first-order valence-corrected chi connectivity index (χ1v) is 8.36. The molecule has 5 nitrogen and oxygen atoms in total. The Balaban J connectivity index is 2.80. The first-order chi connectivity index (χ1) is 11.1. The van der Waals surface area contributed by atoms with Gasteiger partial charge in [-0.05, 0) is 39.1 Å². The Morgan fingerprint density at radius 3 is 2.00 bits per heavy atom. The van der Waals surface area contributed by atoms with Crippen LogP contribution in [0, 0.1) is 0 Å². The van der Waals surface area contributed by atoms with Crippen molar-refractivity contribution in [2.75, 3.05) is 39.3 Å². The van der Waals surface area contributed by atoms with Crippen LogP contribution in [0.1, 0.15) is 48.4 Å². The molecule has 0 bridgehead atoms. The smallest absolute Gasteiger partial charge is 0.338 e. The number of rotatable bonds is 9. The summed E-state index contributed by atoms with van der Waals surface area (Å²) in [6.45, 7) is 12.1. The van der Waals surface area contributed by atoms with Crippen LogP contribution in [0.3, 0.4) is 0 Å². The number of nitrogens with zero attached hydrogens (tertiary/aromatic N) is 2.